The number of benzene rings is 1. The molecule has 0 saturated heterocycles. The van der Waals surface area contributed by atoms with Gasteiger partial charge in [0, 0.05) is 11.7 Å². The van der Waals surface area contributed by atoms with Crippen LogP contribution in [0.1, 0.15) is 56.2 Å². The number of nitrogens with one attached hydrogen (secondary N) is 1. The first kappa shape index (κ1) is 16.8. The van der Waals surface area contributed by atoms with E-state index in [0.717, 1.165) is 37.8 Å². The summed E-state index contributed by atoms with van der Waals surface area (Å²) in [5.74, 6) is 5.46. The summed E-state index contributed by atoms with van der Waals surface area (Å²) in [7, 11) is 0. The van der Waals surface area contributed by atoms with Crippen molar-refractivity contribution in [3.05, 3.63) is 29.3 Å². The van der Waals surface area contributed by atoms with E-state index in [1.165, 1.54) is 6.07 Å². The summed E-state index contributed by atoms with van der Waals surface area (Å²) in [5.41, 5.74) is 8.39. The van der Waals surface area contributed by atoms with Crippen LogP contribution in [-0.2, 0) is 6.18 Å². The molecule has 1 atom stereocenters. The summed E-state index contributed by atoms with van der Waals surface area (Å²) < 4.78 is 38.2. The van der Waals surface area contributed by atoms with E-state index in [-0.39, 0.29) is 6.04 Å². The standard InChI is InChI=1S/C14H22F3N3/c1-2-3-4-5-6-13(20-19)11-9-10(14(15,16)17)7-8-12(11)18/h7-9,13,20H,2-6,18-19H2,1H3. The number of nitrogen functional groups attached to an aromatic ring is 1. The number of anilines is 1. The van der Waals surface area contributed by atoms with Crippen LogP contribution in [0.4, 0.5) is 18.9 Å². The van der Waals surface area contributed by atoms with Gasteiger partial charge in [-0.05, 0) is 30.2 Å². The maximum atomic E-state index is 12.7. The quantitative estimate of drug-likeness (QED) is 0.310. The van der Waals surface area contributed by atoms with E-state index in [2.05, 4.69) is 12.3 Å². The largest absolute Gasteiger partial charge is 0.416 e. The van der Waals surface area contributed by atoms with Crippen LogP contribution in [-0.4, -0.2) is 0 Å². The van der Waals surface area contributed by atoms with Crippen LogP contribution in [0.15, 0.2) is 18.2 Å². The summed E-state index contributed by atoms with van der Waals surface area (Å²) in [6.45, 7) is 2.10. The highest BCUT2D eigenvalue weighted by Gasteiger charge is 2.31. The van der Waals surface area contributed by atoms with Crippen LogP contribution in [0.3, 0.4) is 0 Å². The minimum absolute atomic E-state index is 0.330. The Morgan fingerprint density at radius 2 is 1.90 bits per heavy atom. The summed E-state index contributed by atoms with van der Waals surface area (Å²) in [4.78, 5) is 0. The minimum Gasteiger partial charge on any atom is -0.398 e. The second kappa shape index (κ2) is 7.50. The van der Waals surface area contributed by atoms with Crippen molar-refractivity contribution in [3.8, 4) is 0 Å². The first-order valence-corrected chi connectivity index (χ1v) is 6.83. The zero-order valence-electron chi connectivity index (χ0n) is 11.6. The van der Waals surface area contributed by atoms with Crippen molar-refractivity contribution in [1.82, 2.24) is 5.43 Å². The molecule has 1 rings (SSSR count). The van der Waals surface area contributed by atoms with Crippen molar-refractivity contribution in [2.45, 2.75) is 51.2 Å². The molecule has 0 radical (unpaired) electrons. The fourth-order valence-corrected chi connectivity index (χ4v) is 2.16. The van der Waals surface area contributed by atoms with Crippen molar-refractivity contribution < 1.29 is 13.2 Å². The molecule has 0 saturated carbocycles. The van der Waals surface area contributed by atoms with Gasteiger partial charge >= 0.3 is 6.18 Å². The average Bonchev–Trinajstić information content (AvgIpc) is 2.39. The number of hydrogen-bond donors (Lipinski definition) is 3. The maximum Gasteiger partial charge on any atom is 0.416 e. The number of nitrogens with two attached hydrogens (primary N) is 2. The lowest BCUT2D eigenvalue weighted by Crippen LogP contribution is -2.29. The molecule has 0 aliphatic rings. The van der Waals surface area contributed by atoms with E-state index < -0.39 is 11.7 Å². The third kappa shape index (κ3) is 4.68. The Labute approximate surface area is 117 Å². The topological polar surface area (TPSA) is 64.1 Å². The molecule has 0 spiro atoms. The fourth-order valence-electron chi connectivity index (χ4n) is 2.16. The van der Waals surface area contributed by atoms with Crippen molar-refractivity contribution in [2.24, 2.45) is 5.84 Å². The normalized spacial score (nSPS) is 13.4. The molecule has 20 heavy (non-hydrogen) atoms. The Balaban J connectivity index is 2.85. The Hall–Kier alpha value is -1.27. The number of unbranched alkanes of at least 4 members (excludes halogenated alkanes) is 3. The molecule has 3 nitrogen and oxygen atoms in total. The maximum absolute atomic E-state index is 12.7. The number of rotatable bonds is 7. The lowest BCUT2D eigenvalue weighted by atomic mass is 9.97. The van der Waals surface area contributed by atoms with E-state index >= 15 is 0 Å². The van der Waals surface area contributed by atoms with E-state index in [0.29, 0.717) is 17.7 Å². The molecule has 0 aliphatic carbocycles. The Bertz CT molecular complexity index is 419. The van der Waals surface area contributed by atoms with E-state index in [1.54, 1.807) is 0 Å². The van der Waals surface area contributed by atoms with Crippen molar-refractivity contribution in [1.29, 1.82) is 0 Å². The molecule has 1 unspecified atom stereocenters. The highest BCUT2D eigenvalue weighted by molar-refractivity contribution is 5.50. The molecular formula is C14H22F3N3. The fraction of sp³-hybridized carbons (Fsp3) is 0.571. The molecule has 0 amide bonds. The summed E-state index contributed by atoms with van der Waals surface area (Å²) in [6.07, 6.45) is 0.444. The average molecular weight is 289 g/mol. The van der Waals surface area contributed by atoms with Gasteiger partial charge in [0.05, 0.1) is 5.56 Å². The molecule has 5 N–H and O–H groups in total. The second-order valence-electron chi connectivity index (χ2n) is 4.91. The summed E-state index contributed by atoms with van der Waals surface area (Å²) in [5, 5.41) is 0. The third-order valence-corrected chi connectivity index (χ3v) is 3.34. The van der Waals surface area contributed by atoms with Crippen LogP contribution < -0.4 is 17.0 Å². The van der Waals surface area contributed by atoms with Gasteiger partial charge < -0.3 is 5.73 Å². The van der Waals surface area contributed by atoms with E-state index in [9.17, 15) is 13.2 Å². The van der Waals surface area contributed by atoms with E-state index in [4.69, 9.17) is 11.6 Å². The lowest BCUT2D eigenvalue weighted by Gasteiger charge is -2.20. The first-order chi connectivity index (χ1) is 9.40. The Morgan fingerprint density at radius 3 is 2.45 bits per heavy atom. The molecular weight excluding hydrogens is 267 g/mol. The molecule has 6 heteroatoms. The van der Waals surface area contributed by atoms with Crippen LogP contribution in [0, 0.1) is 0 Å². The minimum atomic E-state index is -4.37. The molecule has 0 aliphatic heterocycles. The monoisotopic (exact) mass is 289 g/mol. The molecule has 1 aromatic carbocycles. The number of alkyl halides is 3. The molecule has 0 fully saturated rings. The predicted molar refractivity (Wildman–Crippen MR) is 74.7 cm³/mol. The summed E-state index contributed by atoms with van der Waals surface area (Å²) in [6, 6.07) is 3.01. The smallest absolute Gasteiger partial charge is 0.398 e. The van der Waals surface area contributed by atoms with E-state index in [1.807, 2.05) is 0 Å². The zero-order chi connectivity index (χ0) is 15.2. The van der Waals surface area contributed by atoms with Crippen molar-refractivity contribution in [3.63, 3.8) is 0 Å². The van der Waals surface area contributed by atoms with Crippen LogP contribution in [0.2, 0.25) is 0 Å². The van der Waals surface area contributed by atoms with Gasteiger partial charge in [0.1, 0.15) is 0 Å². The van der Waals surface area contributed by atoms with Gasteiger partial charge in [-0.15, -0.1) is 0 Å². The molecule has 114 valence electrons. The highest BCUT2D eigenvalue weighted by atomic mass is 19.4. The van der Waals surface area contributed by atoms with Gasteiger partial charge in [-0.2, -0.15) is 13.2 Å². The van der Waals surface area contributed by atoms with Gasteiger partial charge in [0.2, 0.25) is 0 Å². The van der Waals surface area contributed by atoms with Gasteiger partial charge in [-0.3, -0.25) is 11.3 Å². The molecule has 0 bridgehead atoms. The zero-order valence-corrected chi connectivity index (χ0v) is 11.6. The number of hydrogen-bond acceptors (Lipinski definition) is 3. The van der Waals surface area contributed by atoms with Gasteiger partial charge in [-0.1, -0.05) is 32.6 Å². The van der Waals surface area contributed by atoms with Gasteiger partial charge in [0.15, 0.2) is 0 Å². The summed E-state index contributed by atoms with van der Waals surface area (Å²) >= 11 is 0. The first-order valence-electron chi connectivity index (χ1n) is 6.83. The Morgan fingerprint density at radius 1 is 1.20 bits per heavy atom. The molecule has 1 aromatic rings. The third-order valence-electron chi connectivity index (χ3n) is 3.34. The van der Waals surface area contributed by atoms with Gasteiger partial charge in [-0.25, -0.2) is 0 Å². The SMILES string of the molecule is CCCCCCC(NN)c1cc(C(F)(F)F)ccc1N. The molecule has 0 heterocycles. The number of hydrazine groups is 1. The van der Waals surface area contributed by atoms with Crippen LogP contribution in [0.5, 0.6) is 0 Å². The van der Waals surface area contributed by atoms with Crippen LogP contribution >= 0.6 is 0 Å². The van der Waals surface area contributed by atoms with Crippen molar-refractivity contribution in [2.75, 3.05) is 5.73 Å². The molecule has 0 aromatic heterocycles. The van der Waals surface area contributed by atoms with Crippen LogP contribution in [0.25, 0.3) is 0 Å². The second-order valence-corrected chi connectivity index (χ2v) is 4.91. The highest BCUT2D eigenvalue weighted by Crippen LogP contribution is 2.34. The predicted octanol–water partition coefficient (Wildman–Crippen LogP) is 3.76. The lowest BCUT2D eigenvalue weighted by molar-refractivity contribution is -0.137. The van der Waals surface area contributed by atoms with Gasteiger partial charge in [0.25, 0.3) is 0 Å². The number of halogens is 3. The van der Waals surface area contributed by atoms with Crippen molar-refractivity contribution >= 4 is 5.69 Å². The Kier molecular flexibility index (Phi) is 6.29.